The second-order valence-electron chi connectivity index (χ2n) is 6.82. The lowest BCUT2D eigenvalue weighted by Crippen LogP contribution is -2.46. The lowest BCUT2D eigenvalue weighted by Gasteiger charge is -2.36. The molecule has 1 aromatic heterocycles. The van der Waals surface area contributed by atoms with Gasteiger partial charge in [-0.15, -0.1) is 0 Å². The predicted molar refractivity (Wildman–Crippen MR) is 114 cm³/mol. The first kappa shape index (κ1) is 18.4. The predicted octanol–water partition coefficient (Wildman–Crippen LogP) is 3.30. The Labute approximate surface area is 170 Å². The summed E-state index contributed by atoms with van der Waals surface area (Å²) in [5.41, 5.74) is 2.50. The highest BCUT2D eigenvalue weighted by atomic mass is 127. The summed E-state index contributed by atoms with van der Waals surface area (Å²) >= 11 is 2.31. The zero-order valence-electron chi connectivity index (χ0n) is 15.0. The average molecular weight is 478 g/mol. The van der Waals surface area contributed by atoms with E-state index in [1.807, 2.05) is 0 Å². The quantitative estimate of drug-likeness (QED) is 0.588. The van der Waals surface area contributed by atoms with Gasteiger partial charge in [-0.2, -0.15) is 0 Å². The number of anilines is 1. The molecule has 0 unspecified atom stereocenters. The van der Waals surface area contributed by atoms with E-state index in [1.165, 1.54) is 9.26 Å². The lowest BCUT2D eigenvalue weighted by molar-refractivity contribution is 0.247. The molecule has 1 aliphatic rings. The van der Waals surface area contributed by atoms with Crippen LogP contribution < -0.4 is 10.5 Å². The molecule has 0 amide bonds. The number of H-pyrrole nitrogens is 1. The van der Waals surface area contributed by atoms with E-state index in [4.69, 9.17) is 0 Å². The third kappa shape index (κ3) is 3.84. The maximum Gasteiger partial charge on any atom is 0.269 e. The van der Waals surface area contributed by atoms with Crippen molar-refractivity contribution in [2.75, 3.05) is 31.1 Å². The molecule has 0 bridgehead atoms. The lowest BCUT2D eigenvalue weighted by atomic mass is 10.1. The Morgan fingerprint density at radius 3 is 2.52 bits per heavy atom. The van der Waals surface area contributed by atoms with Crippen LogP contribution in [0.25, 0.3) is 11.0 Å². The van der Waals surface area contributed by atoms with E-state index >= 15 is 0 Å². The minimum Gasteiger partial charge on any atom is -0.369 e. The first-order valence-electron chi connectivity index (χ1n) is 8.92. The first-order valence-corrected chi connectivity index (χ1v) is 10.00. The summed E-state index contributed by atoms with van der Waals surface area (Å²) in [6.07, 6.45) is 0. The number of benzene rings is 2. The summed E-state index contributed by atoms with van der Waals surface area (Å²) in [5, 5.41) is 0. The summed E-state index contributed by atoms with van der Waals surface area (Å²) in [6.45, 7) is 5.70. The van der Waals surface area contributed by atoms with Crippen molar-refractivity contribution >= 4 is 39.3 Å². The van der Waals surface area contributed by atoms with Crippen molar-refractivity contribution < 1.29 is 4.39 Å². The minimum absolute atomic E-state index is 0.195. The van der Waals surface area contributed by atoms with Crippen molar-refractivity contribution in [1.82, 2.24) is 14.9 Å². The van der Waals surface area contributed by atoms with Crippen LogP contribution in [0.4, 0.5) is 10.1 Å². The van der Waals surface area contributed by atoms with Gasteiger partial charge in [-0.05, 0) is 59.8 Å². The molecule has 140 valence electrons. The number of piperazine rings is 1. The maximum absolute atomic E-state index is 14.9. The van der Waals surface area contributed by atoms with Crippen LogP contribution in [0.15, 0.2) is 41.2 Å². The number of halogens is 2. The minimum atomic E-state index is -0.378. The van der Waals surface area contributed by atoms with Gasteiger partial charge in [0.05, 0.1) is 5.52 Å². The summed E-state index contributed by atoms with van der Waals surface area (Å²) < 4.78 is 16.1. The van der Waals surface area contributed by atoms with Gasteiger partial charge in [0.1, 0.15) is 11.2 Å². The average Bonchev–Trinajstić information content (AvgIpc) is 2.67. The van der Waals surface area contributed by atoms with Gasteiger partial charge in [0.2, 0.25) is 0 Å². The van der Waals surface area contributed by atoms with Crippen LogP contribution in [0.2, 0.25) is 0 Å². The van der Waals surface area contributed by atoms with Gasteiger partial charge in [-0.3, -0.25) is 9.69 Å². The molecule has 0 spiro atoms. The van der Waals surface area contributed by atoms with Crippen molar-refractivity contribution in [1.29, 1.82) is 0 Å². The number of hydrogen-bond acceptors (Lipinski definition) is 4. The number of rotatable bonds is 3. The van der Waals surface area contributed by atoms with Crippen LogP contribution in [0.1, 0.15) is 11.3 Å². The largest absolute Gasteiger partial charge is 0.369 e. The van der Waals surface area contributed by atoms with E-state index in [1.54, 1.807) is 19.1 Å². The number of aryl methyl sites for hydroxylation is 1. The third-order valence-electron chi connectivity index (χ3n) is 5.01. The summed E-state index contributed by atoms with van der Waals surface area (Å²) in [7, 11) is 0. The van der Waals surface area contributed by atoms with Gasteiger partial charge >= 0.3 is 0 Å². The van der Waals surface area contributed by atoms with Crippen LogP contribution >= 0.6 is 22.6 Å². The zero-order valence-corrected chi connectivity index (χ0v) is 17.2. The fourth-order valence-electron chi connectivity index (χ4n) is 3.44. The Hall–Kier alpha value is -2.00. The van der Waals surface area contributed by atoms with Gasteiger partial charge in [0.25, 0.3) is 5.56 Å². The Balaban J connectivity index is 1.47. The van der Waals surface area contributed by atoms with Gasteiger partial charge < -0.3 is 9.88 Å². The second kappa shape index (κ2) is 7.55. The van der Waals surface area contributed by atoms with E-state index in [2.05, 4.69) is 66.6 Å². The fraction of sp³-hybridized carbons (Fsp3) is 0.300. The number of hydrogen-bond donors (Lipinski definition) is 1. The Bertz CT molecular complexity index is 1030. The first-order chi connectivity index (χ1) is 13.0. The van der Waals surface area contributed by atoms with Crippen LogP contribution in [0, 0.1) is 16.3 Å². The second-order valence-corrected chi connectivity index (χ2v) is 8.07. The molecule has 0 saturated carbocycles. The molecule has 0 aliphatic carbocycles. The maximum atomic E-state index is 14.9. The number of aromatic nitrogens is 2. The van der Waals surface area contributed by atoms with Crippen LogP contribution in [0.5, 0.6) is 0 Å². The molecule has 3 aromatic rings. The molecule has 1 aliphatic heterocycles. The fourth-order valence-corrected chi connectivity index (χ4v) is 3.80. The Kier molecular flexibility index (Phi) is 5.14. The summed E-state index contributed by atoms with van der Waals surface area (Å²) in [6, 6.07) is 12.1. The normalized spacial score (nSPS) is 15.4. The van der Waals surface area contributed by atoms with E-state index in [0.29, 0.717) is 23.3 Å². The SMILES string of the molecule is Cc1nc2ccc(CN3CCN(c4ccc(I)cc4)CC3)c(F)c2[nH]c1=O. The highest BCUT2D eigenvalue weighted by molar-refractivity contribution is 14.1. The molecule has 7 heteroatoms. The smallest absolute Gasteiger partial charge is 0.269 e. The Morgan fingerprint density at radius 2 is 1.81 bits per heavy atom. The van der Waals surface area contributed by atoms with Crippen LogP contribution in [0.3, 0.4) is 0 Å². The molecule has 2 aromatic carbocycles. The summed E-state index contributed by atoms with van der Waals surface area (Å²) in [5.74, 6) is -0.378. The van der Waals surface area contributed by atoms with Crippen molar-refractivity contribution in [3.8, 4) is 0 Å². The van der Waals surface area contributed by atoms with E-state index < -0.39 is 0 Å². The van der Waals surface area contributed by atoms with Crippen LogP contribution in [-0.4, -0.2) is 41.0 Å². The molecule has 4 rings (SSSR count). The number of fused-ring (bicyclic) bond motifs is 1. The molecular weight excluding hydrogens is 458 g/mol. The standard InChI is InChI=1S/C20H20FIN4O/c1-13-20(27)24-19-17(23-13)7-2-14(18(19)21)12-25-8-10-26(11-9-25)16-5-3-15(22)4-6-16/h2-7H,8-12H2,1H3,(H,24,27). The van der Waals surface area contributed by atoms with Gasteiger partial charge in [0, 0.05) is 47.5 Å². The van der Waals surface area contributed by atoms with E-state index in [9.17, 15) is 9.18 Å². The monoisotopic (exact) mass is 478 g/mol. The highest BCUT2D eigenvalue weighted by Crippen LogP contribution is 2.21. The van der Waals surface area contributed by atoms with Crippen LogP contribution in [-0.2, 0) is 6.54 Å². The highest BCUT2D eigenvalue weighted by Gasteiger charge is 2.19. The molecule has 27 heavy (non-hydrogen) atoms. The summed E-state index contributed by atoms with van der Waals surface area (Å²) in [4.78, 5) is 23.2. The molecule has 1 fully saturated rings. The molecule has 5 nitrogen and oxygen atoms in total. The molecular formula is C20H20FIN4O. The molecule has 0 radical (unpaired) electrons. The van der Waals surface area contributed by atoms with Crippen molar-refractivity contribution in [3.63, 3.8) is 0 Å². The van der Waals surface area contributed by atoms with Crippen molar-refractivity contribution in [2.24, 2.45) is 0 Å². The van der Waals surface area contributed by atoms with E-state index in [-0.39, 0.29) is 16.9 Å². The van der Waals surface area contributed by atoms with E-state index in [0.717, 1.165) is 26.2 Å². The Morgan fingerprint density at radius 1 is 1.11 bits per heavy atom. The molecule has 1 N–H and O–H groups in total. The zero-order chi connectivity index (χ0) is 19.0. The van der Waals surface area contributed by atoms with Crippen molar-refractivity contribution in [2.45, 2.75) is 13.5 Å². The number of nitrogens with one attached hydrogen (secondary N) is 1. The van der Waals surface area contributed by atoms with Crippen molar-refractivity contribution in [3.05, 3.63) is 67.4 Å². The van der Waals surface area contributed by atoms with Gasteiger partial charge in [0.15, 0.2) is 5.82 Å². The third-order valence-corrected chi connectivity index (χ3v) is 5.73. The number of nitrogens with zero attached hydrogens (tertiary/aromatic N) is 3. The molecule has 0 atom stereocenters. The molecule has 2 heterocycles. The van der Waals surface area contributed by atoms with Gasteiger partial charge in [-0.1, -0.05) is 6.07 Å². The molecule has 1 saturated heterocycles. The van der Waals surface area contributed by atoms with Gasteiger partial charge in [-0.25, -0.2) is 9.37 Å². The number of aromatic amines is 1. The topological polar surface area (TPSA) is 52.2 Å².